The first kappa shape index (κ1) is 22.6. The number of ether oxygens (including phenoxy) is 2. The van der Waals surface area contributed by atoms with Crippen LogP contribution in [0, 0.1) is 5.82 Å². The van der Waals surface area contributed by atoms with Crippen molar-refractivity contribution in [1.29, 1.82) is 0 Å². The Balaban J connectivity index is 0.000000360. The van der Waals surface area contributed by atoms with Crippen LogP contribution in [0.1, 0.15) is 31.4 Å². The normalized spacial score (nSPS) is 18.2. The number of rotatable bonds is 6. The Hall–Kier alpha value is -2.64. The van der Waals surface area contributed by atoms with Gasteiger partial charge in [0.05, 0.1) is 25.9 Å². The fraction of sp³-hybridized carbons (Fsp3) is 0.409. The number of halogens is 1. The highest BCUT2D eigenvalue weighted by Gasteiger charge is 2.31. The van der Waals surface area contributed by atoms with Crippen LogP contribution in [0.4, 0.5) is 9.18 Å². The summed E-state index contributed by atoms with van der Waals surface area (Å²) in [5.74, 6) is 0.595. The monoisotopic (exact) mass is 405 g/mol. The molecule has 3 unspecified atom stereocenters. The minimum atomic E-state index is -0.844. The van der Waals surface area contributed by atoms with Crippen molar-refractivity contribution in [3.8, 4) is 5.75 Å². The minimum Gasteiger partial charge on any atom is -0.497 e. The van der Waals surface area contributed by atoms with E-state index in [0.717, 1.165) is 11.3 Å². The summed E-state index contributed by atoms with van der Waals surface area (Å²) in [4.78, 5) is 13.8. The van der Waals surface area contributed by atoms with Crippen molar-refractivity contribution in [3.05, 3.63) is 66.0 Å². The molecule has 29 heavy (non-hydrogen) atoms. The van der Waals surface area contributed by atoms with Gasteiger partial charge in [0.25, 0.3) is 0 Å². The molecule has 6 nitrogen and oxygen atoms in total. The average molecular weight is 405 g/mol. The summed E-state index contributed by atoms with van der Waals surface area (Å²) in [5, 5.41) is 18.3. The van der Waals surface area contributed by atoms with Crippen LogP contribution in [-0.2, 0) is 4.74 Å². The first-order valence-electron chi connectivity index (χ1n) is 9.55. The van der Waals surface area contributed by atoms with E-state index in [1.807, 2.05) is 31.2 Å². The van der Waals surface area contributed by atoms with E-state index in [4.69, 9.17) is 14.6 Å². The van der Waals surface area contributed by atoms with E-state index in [1.54, 1.807) is 30.2 Å². The van der Waals surface area contributed by atoms with Gasteiger partial charge in [-0.15, -0.1) is 0 Å². The lowest BCUT2D eigenvalue weighted by Crippen LogP contribution is -2.44. The van der Waals surface area contributed by atoms with Gasteiger partial charge in [-0.3, -0.25) is 0 Å². The highest BCUT2D eigenvalue weighted by Crippen LogP contribution is 2.27. The molecule has 1 amide bonds. The molecule has 158 valence electrons. The summed E-state index contributed by atoms with van der Waals surface area (Å²) >= 11 is 0. The maximum Gasteiger partial charge on any atom is 0.410 e. The van der Waals surface area contributed by atoms with Gasteiger partial charge in [0, 0.05) is 19.4 Å². The summed E-state index contributed by atoms with van der Waals surface area (Å²) in [5.41, 5.74) is 1.01. The number of aliphatic hydroxyl groups is 2. The van der Waals surface area contributed by atoms with Crippen LogP contribution in [-0.4, -0.2) is 53.7 Å². The van der Waals surface area contributed by atoms with Crippen molar-refractivity contribution >= 4 is 6.09 Å². The van der Waals surface area contributed by atoms with Gasteiger partial charge in [-0.2, -0.15) is 0 Å². The predicted molar refractivity (Wildman–Crippen MR) is 107 cm³/mol. The van der Waals surface area contributed by atoms with Crippen molar-refractivity contribution in [1.82, 2.24) is 4.90 Å². The van der Waals surface area contributed by atoms with E-state index in [2.05, 4.69) is 0 Å². The maximum absolute atomic E-state index is 12.1. The fourth-order valence-corrected chi connectivity index (χ4v) is 3.02. The number of aliphatic hydroxyl groups excluding tert-OH is 2. The molecule has 3 atom stereocenters. The van der Waals surface area contributed by atoms with Crippen LogP contribution in [0.5, 0.6) is 5.75 Å². The van der Waals surface area contributed by atoms with Gasteiger partial charge in [-0.05, 0) is 36.8 Å². The second kappa shape index (κ2) is 11.4. The van der Waals surface area contributed by atoms with Crippen LogP contribution >= 0.6 is 0 Å². The van der Waals surface area contributed by atoms with Gasteiger partial charge in [-0.25, -0.2) is 9.18 Å². The number of hydrogen-bond acceptors (Lipinski definition) is 5. The molecule has 1 saturated heterocycles. The standard InChI is InChI=1S/C16H23NO5.C6H5F/c1-11(12-3-5-14(21-2)6-4-12)17-8-7-15(22-16(17)20)9-13(19)10-18;7-6-4-2-1-3-5-6/h3-6,11,13,15,18-19H,7-10H2,1-2H3;1-5H. The number of carbonyl (C=O) groups excluding carboxylic acids is 1. The summed E-state index contributed by atoms with van der Waals surface area (Å²) in [6.07, 6.45) is -0.655. The van der Waals surface area contributed by atoms with Gasteiger partial charge in [-0.1, -0.05) is 30.3 Å². The Morgan fingerprint density at radius 1 is 1.21 bits per heavy atom. The molecule has 2 aromatic carbocycles. The van der Waals surface area contributed by atoms with Crippen LogP contribution in [0.2, 0.25) is 0 Å². The van der Waals surface area contributed by atoms with Gasteiger partial charge >= 0.3 is 6.09 Å². The fourth-order valence-electron chi connectivity index (χ4n) is 3.02. The second-order valence-corrected chi connectivity index (χ2v) is 6.80. The molecule has 2 N–H and O–H groups in total. The molecule has 0 aliphatic carbocycles. The SMILES string of the molecule is COc1ccc(C(C)N2CCC(CC(O)CO)OC2=O)cc1.Fc1ccccc1. The minimum absolute atomic E-state index is 0.0953. The third kappa shape index (κ3) is 7.03. The van der Waals surface area contributed by atoms with Crippen molar-refractivity contribution in [2.75, 3.05) is 20.3 Å². The molecule has 1 aliphatic heterocycles. The molecule has 7 heteroatoms. The van der Waals surface area contributed by atoms with E-state index in [-0.39, 0.29) is 37.1 Å². The average Bonchev–Trinajstić information content (AvgIpc) is 2.74. The van der Waals surface area contributed by atoms with E-state index in [0.29, 0.717) is 13.0 Å². The van der Waals surface area contributed by atoms with Gasteiger partial charge < -0.3 is 24.6 Å². The number of cyclic esters (lactones) is 1. The molecule has 1 aliphatic rings. The molecular formula is C22H28FNO5. The van der Waals surface area contributed by atoms with Gasteiger partial charge in [0.15, 0.2) is 0 Å². The number of amides is 1. The molecule has 0 saturated carbocycles. The lowest BCUT2D eigenvalue weighted by molar-refractivity contribution is -0.0178. The predicted octanol–water partition coefficient (Wildman–Crippen LogP) is 3.54. The molecule has 1 fully saturated rings. The summed E-state index contributed by atoms with van der Waals surface area (Å²) in [6, 6.07) is 15.4. The van der Waals surface area contributed by atoms with Crippen molar-refractivity contribution in [2.45, 2.75) is 38.0 Å². The molecule has 0 aromatic heterocycles. The zero-order chi connectivity index (χ0) is 21.2. The topological polar surface area (TPSA) is 79.2 Å². The summed E-state index contributed by atoms with van der Waals surface area (Å²) < 4.78 is 22.4. The van der Waals surface area contributed by atoms with Crippen LogP contribution in [0.3, 0.4) is 0 Å². The highest BCUT2D eigenvalue weighted by molar-refractivity contribution is 5.69. The molecule has 3 rings (SSSR count). The molecule has 0 spiro atoms. The molecule has 0 bridgehead atoms. The maximum atomic E-state index is 12.1. The Bertz CT molecular complexity index is 741. The smallest absolute Gasteiger partial charge is 0.410 e. The Kier molecular flexibility index (Phi) is 8.89. The Morgan fingerprint density at radius 2 is 1.86 bits per heavy atom. The van der Waals surface area contributed by atoms with Crippen LogP contribution < -0.4 is 4.74 Å². The van der Waals surface area contributed by atoms with Crippen molar-refractivity contribution < 1.29 is 28.9 Å². The lowest BCUT2D eigenvalue weighted by Gasteiger charge is -2.36. The third-order valence-electron chi connectivity index (χ3n) is 4.74. The van der Waals surface area contributed by atoms with E-state index < -0.39 is 6.10 Å². The van der Waals surface area contributed by atoms with E-state index in [9.17, 15) is 14.3 Å². The largest absolute Gasteiger partial charge is 0.497 e. The van der Waals surface area contributed by atoms with Crippen molar-refractivity contribution in [3.63, 3.8) is 0 Å². The second-order valence-electron chi connectivity index (χ2n) is 6.80. The van der Waals surface area contributed by atoms with Crippen molar-refractivity contribution in [2.24, 2.45) is 0 Å². The van der Waals surface area contributed by atoms with Crippen LogP contribution in [0.15, 0.2) is 54.6 Å². The number of hydrogen-bond donors (Lipinski definition) is 2. The highest BCUT2D eigenvalue weighted by atomic mass is 19.1. The quantitative estimate of drug-likeness (QED) is 0.769. The molecule has 1 heterocycles. The Labute approximate surface area is 170 Å². The molecule has 2 aromatic rings. The van der Waals surface area contributed by atoms with Gasteiger partial charge in [0.2, 0.25) is 0 Å². The summed E-state index contributed by atoms with van der Waals surface area (Å²) in [6.45, 7) is 2.20. The Morgan fingerprint density at radius 3 is 2.34 bits per heavy atom. The van der Waals surface area contributed by atoms with E-state index in [1.165, 1.54) is 12.1 Å². The number of benzene rings is 2. The zero-order valence-electron chi connectivity index (χ0n) is 16.7. The number of nitrogens with zero attached hydrogens (tertiary/aromatic N) is 1. The first-order chi connectivity index (χ1) is 13.9. The van der Waals surface area contributed by atoms with E-state index >= 15 is 0 Å². The first-order valence-corrected chi connectivity index (χ1v) is 9.55. The third-order valence-corrected chi connectivity index (χ3v) is 4.74. The number of carbonyl (C=O) groups is 1. The molecule has 0 radical (unpaired) electrons. The molecular weight excluding hydrogens is 377 g/mol. The van der Waals surface area contributed by atoms with Gasteiger partial charge in [0.1, 0.15) is 17.7 Å². The lowest BCUT2D eigenvalue weighted by atomic mass is 10.0. The summed E-state index contributed by atoms with van der Waals surface area (Å²) in [7, 11) is 1.61. The zero-order valence-corrected chi connectivity index (χ0v) is 16.7. The van der Waals surface area contributed by atoms with Crippen LogP contribution in [0.25, 0.3) is 0 Å². The number of methoxy groups -OCH3 is 1.